The summed E-state index contributed by atoms with van der Waals surface area (Å²) < 4.78 is 3.43. The Bertz CT molecular complexity index is 651. The maximum atomic E-state index is 11.6. The van der Waals surface area contributed by atoms with E-state index in [1.807, 2.05) is 19.9 Å². The quantitative estimate of drug-likeness (QED) is 0.742. The van der Waals surface area contributed by atoms with Crippen LogP contribution in [0.1, 0.15) is 26.7 Å². The third-order valence-electron chi connectivity index (χ3n) is 3.69. The first-order chi connectivity index (χ1) is 9.93. The molecule has 0 radical (unpaired) electrons. The van der Waals surface area contributed by atoms with Gasteiger partial charge in [-0.3, -0.25) is 4.79 Å². The van der Waals surface area contributed by atoms with Gasteiger partial charge in [0.1, 0.15) is 0 Å². The van der Waals surface area contributed by atoms with Crippen LogP contribution < -0.4 is 0 Å². The summed E-state index contributed by atoms with van der Waals surface area (Å²) >= 11 is 8.42. The summed E-state index contributed by atoms with van der Waals surface area (Å²) in [6.45, 7) is 4.00. The molecule has 0 aliphatic carbocycles. The molecule has 0 bridgehead atoms. The van der Waals surface area contributed by atoms with Crippen LogP contribution in [0, 0.1) is 5.41 Å². The molecule has 9 heteroatoms. The third-order valence-corrected chi connectivity index (χ3v) is 6.03. The fraction of sp³-hybridized carbons (Fsp3) is 0.500. The molecule has 21 heavy (non-hydrogen) atoms. The van der Waals surface area contributed by atoms with Gasteiger partial charge in [0.25, 0.3) is 0 Å². The second-order valence-electron chi connectivity index (χ2n) is 4.69. The lowest BCUT2D eigenvalue weighted by molar-refractivity contribution is -0.150. The van der Waals surface area contributed by atoms with Crippen LogP contribution in [0.25, 0.3) is 11.4 Å². The van der Waals surface area contributed by atoms with Crippen LogP contribution in [0.4, 0.5) is 0 Å². The van der Waals surface area contributed by atoms with Crippen molar-refractivity contribution in [3.05, 3.63) is 13.6 Å². The first-order valence-electron chi connectivity index (χ1n) is 6.38. The summed E-state index contributed by atoms with van der Waals surface area (Å²) in [7, 11) is 0. The molecule has 0 aliphatic rings. The molecule has 2 heterocycles. The van der Waals surface area contributed by atoms with Crippen LogP contribution in [0.15, 0.2) is 13.6 Å². The van der Waals surface area contributed by atoms with E-state index in [2.05, 4.69) is 47.4 Å². The molecule has 114 valence electrons. The minimum absolute atomic E-state index is 0.248. The smallest absolute Gasteiger partial charge is 0.311 e. The molecule has 0 atom stereocenters. The summed E-state index contributed by atoms with van der Waals surface area (Å²) in [5, 5.41) is 21.2. The Kier molecular flexibility index (Phi) is 5.15. The summed E-state index contributed by atoms with van der Waals surface area (Å²) in [6, 6.07) is 1.91. The minimum Gasteiger partial charge on any atom is -0.481 e. The van der Waals surface area contributed by atoms with Crippen molar-refractivity contribution in [2.75, 3.05) is 0 Å². The predicted octanol–water partition coefficient (Wildman–Crippen LogP) is 3.82. The maximum Gasteiger partial charge on any atom is 0.311 e. The van der Waals surface area contributed by atoms with Crippen molar-refractivity contribution in [2.24, 2.45) is 5.41 Å². The van der Waals surface area contributed by atoms with Gasteiger partial charge in [-0.25, -0.2) is 4.68 Å². The van der Waals surface area contributed by atoms with Crippen LogP contribution in [0.3, 0.4) is 0 Å². The average Bonchev–Trinajstić information content (AvgIpc) is 3.01. The average molecular weight is 438 g/mol. The van der Waals surface area contributed by atoms with Crippen LogP contribution in [0.5, 0.6) is 0 Å². The Balaban J connectivity index is 2.41. The number of carboxylic acids is 1. The highest BCUT2D eigenvalue weighted by molar-refractivity contribution is 9.12. The first-order valence-corrected chi connectivity index (χ1v) is 8.78. The van der Waals surface area contributed by atoms with Gasteiger partial charge in [-0.2, -0.15) is 0 Å². The SMILES string of the molecule is CCC(CC)(Cn1nnnc1-c1cc(Br)sc1Br)C(=O)O. The number of nitrogens with zero attached hydrogens (tertiary/aromatic N) is 4. The van der Waals surface area contributed by atoms with Gasteiger partial charge in [-0.05, 0) is 61.2 Å². The number of rotatable bonds is 6. The molecule has 0 fully saturated rings. The largest absolute Gasteiger partial charge is 0.481 e. The molecule has 0 aromatic carbocycles. The molecule has 0 saturated carbocycles. The van der Waals surface area contributed by atoms with Gasteiger partial charge in [0.05, 0.1) is 19.5 Å². The first kappa shape index (κ1) is 16.6. The molecule has 2 rings (SSSR count). The Morgan fingerprint density at radius 1 is 1.43 bits per heavy atom. The normalized spacial score (nSPS) is 11.8. The van der Waals surface area contributed by atoms with E-state index in [1.54, 1.807) is 4.68 Å². The van der Waals surface area contributed by atoms with Gasteiger partial charge in [0.2, 0.25) is 0 Å². The third kappa shape index (κ3) is 3.19. The molecule has 2 aromatic rings. The zero-order valence-corrected chi connectivity index (χ0v) is 15.5. The molecule has 0 unspecified atom stereocenters. The number of hydrogen-bond acceptors (Lipinski definition) is 5. The summed E-state index contributed by atoms with van der Waals surface area (Å²) in [4.78, 5) is 11.6. The summed E-state index contributed by atoms with van der Waals surface area (Å²) in [5.41, 5.74) is -0.00694. The van der Waals surface area contributed by atoms with E-state index in [9.17, 15) is 9.90 Å². The topological polar surface area (TPSA) is 80.9 Å². The Hall–Kier alpha value is -0.800. The van der Waals surface area contributed by atoms with E-state index in [0.717, 1.165) is 13.1 Å². The second-order valence-corrected chi connectivity index (χ2v) is 8.44. The lowest BCUT2D eigenvalue weighted by atomic mass is 9.82. The van der Waals surface area contributed by atoms with Crippen molar-refractivity contribution in [3.8, 4) is 11.4 Å². The molecule has 0 spiro atoms. The van der Waals surface area contributed by atoms with E-state index < -0.39 is 11.4 Å². The van der Waals surface area contributed by atoms with Gasteiger partial charge >= 0.3 is 5.97 Å². The van der Waals surface area contributed by atoms with E-state index in [0.29, 0.717) is 18.7 Å². The van der Waals surface area contributed by atoms with Gasteiger partial charge in [-0.15, -0.1) is 16.4 Å². The number of carboxylic acid groups (broad SMARTS) is 1. The second kappa shape index (κ2) is 6.53. The zero-order chi connectivity index (χ0) is 15.6. The molecular formula is C12H14Br2N4O2S. The van der Waals surface area contributed by atoms with Crippen LogP contribution in [-0.4, -0.2) is 31.3 Å². The maximum absolute atomic E-state index is 11.6. The van der Waals surface area contributed by atoms with E-state index in [4.69, 9.17) is 0 Å². The van der Waals surface area contributed by atoms with Gasteiger partial charge in [-0.1, -0.05) is 13.8 Å². The molecular weight excluding hydrogens is 424 g/mol. The van der Waals surface area contributed by atoms with Gasteiger partial charge < -0.3 is 5.11 Å². The molecule has 2 aromatic heterocycles. The lowest BCUT2D eigenvalue weighted by Gasteiger charge is -2.26. The Morgan fingerprint density at radius 2 is 2.10 bits per heavy atom. The van der Waals surface area contributed by atoms with Crippen LogP contribution in [0.2, 0.25) is 0 Å². The van der Waals surface area contributed by atoms with Crippen LogP contribution >= 0.6 is 43.2 Å². The molecule has 0 saturated heterocycles. The van der Waals surface area contributed by atoms with Gasteiger partial charge in [0, 0.05) is 5.56 Å². The van der Waals surface area contributed by atoms with Crippen molar-refractivity contribution in [1.82, 2.24) is 20.2 Å². The number of aromatic nitrogens is 4. The fourth-order valence-electron chi connectivity index (χ4n) is 2.13. The monoisotopic (exact) mass is 436 g/mol. The van der Waals surface area contributed by atoms with E-state index >= 15 is 0 Å². The molecule has 1 N–H and O–H groups in total. The van der Waals surface area contributed by atoms with Crippen molar-refractivity contribution in [3.63, 3.8) is 0 Å². The standard InChI is InChI=1S/C12H14Br2N4O2S/c1-3-12(4-2,11(19)20)6-18-10(15-16-17-18)7-5-8(13)21-9(7)14/h5H,3-4,6H2,1-2H3,(H,19,20). The summed E-state index contributed by atoms with van der Waals surface area (Å²) in [6.07, 6.45) is 1.04. The number of aliphatic carboxylic acids is 1. The highest BCUT2D eigenvalue weighted by atomic mass is 79.9. The Labute approximate surface area is 142 Å². The molecule has 0 aliphatic heterocycles. The van der Waals surface area contributed by atoms with Crippen molar-refractivity contribution >= 4 is 49.2 Å². The molecule has 6 nitrogen and oxygen atoms in total. The number of carbonyl (C=O) groups is 1. The van der Waals surface area contributed by atoms with E-state index in [1.165, 1.54) is 11.3 Å². The van der Waals surface area contributed by atoms with Crippen LogP contribution in [-0.2, 0) is 11.3 Å². The number of halogens is 2. The summed E-state index contributed by atoms with van der Waals surface area (Å²) in [5.74, 6) is -0.254. The highest BCUT2D eigenvalue weighted by Crippen LogP contribution is 2.38. The van der Waals surface area contributed by atoms with Crippen molar-refractivity contribution in [2.45, 2.75) is 33.2 Å². The predicted molar refractivity (Wildman–Crippen MR) is 87.2 cm³/mol. The van der Waals surface area contributed by atoms with Crippen molar-refractivity contribution in [1.29, 1.82) is 0 Å². The molecule has 0 amide bonds. The lowest BCUT2D eigenvalue weighted by Crippen LogP contribution is -2.35. The van der Waals surface area contributed by atoms with Gasteiger partial charge in [0.15, 0.2) is 5.82 Å². The fourth-order valence-corrected chi connectivity index (χ4v) is 4.92. The number of hydrogen-bond donors (Lipinski definition) is 1. The number of tetrazole rings is 1. The Morgan fingerprint density at radius 3 is 2.57 bits per heavy atom. The highest BCUT2D eigenvalue weighted by Gasteiger charge is 2.36. The van der Waals surface area contributed by atoms with E-state index in [-0.39, 0.29) is 6.54 Å². The zero-order valence-electron chi connectivity index (χ0n) is 11.5. The minimum atomic E-state index is -0.857. The number of thiophene rings is 1. The van der Waals surface area contributed by atoms with Crippen molar-refractivity contribution < 1.29 is 9.90 Å².